The molecule has 2 aliphatic rings. The summed E-state index contributed by atoms with van der Waals surface area (Å²) in [5.74, 6) is 0.698. The molecular formula is C29H34N6O. The van der Waals surface area contributed by atoms with Gasteiger partial charge in [-0.15, -0.1) is 0 Å². The number of carbonyl (C=O) groups is 1. The minimum Gasteiger partial charge on any atom is -0.368 e. The molecule has 0 atom stereocenters. The molecule has 1 amide bonds. The fraction of sp³-hybridized carbons (Fsp3) is 0.414. The Bertz CT molecular complexity index is 1160. The van der Waals surface area contributed by atoms with Crippen molar-refractivity contribution in [3.05, 3.63) is 83.6 Å². The van der Waals surface area contributed by atoms with Gasteiger partial charge in [0.2, 0.25) is 0 Å². The van der Waals surface area contributed by atoms with E-state index in [9.17, 15) is 10.1 Å². The first-order valence-electron chi connectivity index (χ1n) is 12.9. The zero-order valence-electron chi connectivity index (χ0n) is 20.6. The highest BCUT2D eigenvalue weighted by Crippen LogP contribution is 2.39. The van der Waals surface area contributed by atoms with Crippen LogP contribution in [0.15, 0.2) is 66.9 Å². The molecule has 2 aliphatic carbocycles. The molecule has 4 N–H and O–H groups in total. The first-order valence-corrected chi connectivity index (χ1v) is 12.9. The topological polar surface area (TPSA) is 109 Å². The van der Waals surface area contributed by atoms with Gasteiger partial charge in [-0.1, -0.05) is 60.7 Å². The molecule has 1 aromatic heterocycles. The number of aromatic nitrogens is 2. The average molecular weight is 483 g/mol. The zero-order chi connectivity index (χ0) is 25.0. The number of hydrogen-bond acceptors (Lipinski definition) is 5. The van der Waals surface area contributed by atoms with Gasteiger partial charge in [-0.25, -0.2) is 0 Å². The maximum atomic E-state index is 12.1. The van der Waals surface area contributed by atoms with Crippen molar-refractivity contribution in [1.82, 2.24) is 15.1 Å². The number of amides is 1. The summed E-state index contributed by atoms with van der Waals surface area (Å²) in [6.45, 7) is 0.800. The number of nitriles is 1. The molecule has 2 saturated carbocycles. The van der Waals surface area contributed by atoms with Gasteiger partial charge in [-0.3, -0.25) is 9.48 Å². The van der Waals surface area contributed by atoms with Crippen LogP contribution in [0.2, 0.25) is 0 Å². The van der Waals surface area contributed by atoms with Gasteiger partial charge in [0.25, 0.3) is 5.91 Å². The zero-order valence-corrected chi connectivity index (χ0v) is 20.6. The van der Waals surface area contributed by atoms with Crippen LogP contribution in [0.25, 0.3) is 0 Å². The van der Waals surface area contributed by atoms with Crippen LogP contribution in [0.1, 0.15) is 72.5 Å². The number of hydrogen-bond donors (Lipinski definition) is 3. The van der Waals surface area contributed by atoms with Gasteiger partial charge in [0.15, 0.2) is 5.82 Å². The number of anilines is 1. The van der Waals surface area contributed by atoms with Crippen molar-refractivity contribution >= 4 is 11.7 Å². The monoisotopic (exact) mass is 482 g/mol. The molecule has 3 aromatic rings. The van der Waals surface area contributed by atoms with Crippen molar-refractivity contribution in [2.24, 2.45) is 11.7 Å². The maximum absolute atomic E-state index is 12.1. The maximum Gasteiger partial charge on any atom is 0.254 e. The molecular weight excluding hydrogens is 448 g/mol. The summed E-state index contributed by atoms with van der Waals surface area (Å²) in [5.41, 5.74) is 8.12. The average Bonchev–Trinajstić information content (AvgIpc) is 3.64. The molecule has 7 nitrogen and oxygen atoms in total. The van der Waals surface area contributed by atoms with Crippen molar-refractivity contribution in [3.63, 3.8) is 0 Å². The molecule has 0 saturated heterocycles. The van der Waals surface area contributed by atoms with Gasteiger partial charge in [0, 0.05) is 18.8 Å². The Balaban J connectivity index is 1.34. The van der Waals surface area contributed by atoms with E-state index in [0.29, 0.717) is 29.8 Å². The van der Waals surface area contributed by atoms with E-state index < -0.39 is 11.4 Å². The van der Waals surface area contributed by atoms with E-state index in [1.165, 1.54) is 24.0 Å². The van der Waals surface area contributed by atoms with Crippen LogP contribution in [-0.4, -0.2) is 28.3 Å². The van der Waals surface area contributed by atoms with Crippen molar-refractivity contribution in [1.29, 1.82) is 5.26 Å². The lowest BCUT2D eigenvalue weighted by molar-refractivity contribution is 0.1000. The third-order valence-corrected chi connectivity index (χ3v) is 7.71. The first kappa shape index (κ1) is 24.1. The molecule has 0 spiro atoms. The standard InChI is InChI=1S/C29H34N6O/c30-18-17-29(35-20-25(27(31)36)28(34-35)32-19-21-11-12-21)15-13-24(14-16-29)33-26(22-7-3-1-4-8-22)23-9-5-2-6-10-23/h1-10,20-21,24,26,33H,11-17,19H2,(H2,31,36)(H,32,34)/t24-,29-. The number of nitrogens with one attached hydrogen (secondary N) is 2. The van der Waals surface area contributed by atoms with Crippen LogP contribution < -0.4 is 16.4 Å². The normalized spacial score (nSPS) is 21.7. The highest BCUT2D eigenvalue weighted by molar-refractivity contribution is 5.97. The lowest BCUT2D eigenvalue weighted by Gasteiger charge is -2.40. The molecule has 0 aliphatic heterocycles. The van der Waals surface area contributed by atoms with Crippen molar-refractivity contribution in [2.45, 2.75) is 62.6 Å². The van der Waals surface area contributed by atoms with E-state index in [1.54, 1.807) is 6.20 Å². The van der Waals surface area contributed by atoms with E-state index in [-0.39, 0.29) is 6.04 Å². The Morgan fingerprint density at radius 3 is 2.19 bits per heavy atom. The molecule has 2 aromatic carbocycles. The fourth-order valence-corrected chi connectivity index (χ4v) is 5.36. The fourth-order valence-electron chi connectivity index (χ4n) is 5.36. The van der Waals surface area contributed by atoms with E-state index in [1.807, 2.05) is 16.8 Å². The van der Waals surface area contributed by atoms with E-state index >= 15 is 0 Å². The van der Waals surface area contributed by atoms with Crippen molar-refractivity contribution < 1.29 is 4.79 Å². The molecule has 0 bridgehead atoms. The number of rotatable bonds is 10. The van der Waals surface area contributed by atoms with E-state index in [0.717, 1.165) is 32.2 Å². The van der Waals surface area contributed by atoms with E-state index in [2.05, 4.69) is 65.2 Å². The summed E-state index contributed by atoms with van der Waals surface area (Å²) in [6.07, 6.45) is 7.94. The van der Waals surface area contributed by atoms with Crippen molar-refractivity contribution in [3.8, 4) is 6.07 Å². The largest absolute Gasteiger partial charge is 0.368 e. The summed E-state index contributed by atoms with van der Waals surface area (Å²) in [6, 6.07) is 23.9. The highest BCUT2D eigenvalue weighted by atomic mass is 16.1. The molecule has 1 heterocycles. The minimum atomic E-state index is -0.490. The third kappa shape index (κ3) is 5.29. The summed E-state index contributed by atoms with van der Waals surface area (Å²) in [7, 11) is 0. The summed E-state index contributed by atoms with van der Waals surface area (Å²) in [5, 5.41) is 21.7. The first-order chi connectivity index (χ1) is 17.6. The number of primary amides is 1. The second-order valence-electron chi connectivity index (χ2n) is 10.3. The molecule has 0 radical (unpaired) electrons. The second-order valence-corrected chi connectivity index (χ2v) is 10.3. The molecule has 2 fully saturated rings. The summed E-state index contributed by atoms with van der Waals surface area (Å²) in [4.78, 5) is 12.1. The second kappa shape index (κ2) is 10.5. The van der Waals surface area contributed by atoms with Crippen molar-refractivity contribution in [2.75, 3.05) is 11.9 Å². The van der Waals surface area contributed by atoms with Gasteiger partial charge in [-0.2, -0.15) is 10.4 Å². The van der Waals surface area contributed by atoms with Gasteiger partial charge < -0.3 is 16.4 Å². The molecule has 36 heavy (non-hydrogen) atoms. The highest BCUT2D eigenvalue weighted by Gasteiger charge is 2.39. The summed E-state index contributed by atoms with van der Waals surface area (Å²) >= 11 is 0. The van der Waals surface area contributed by atoms with Gasteiger partial charge >= 0.3 is 0 Å². The number of nitrogens with two attached hydrogens (primary N) is 1. The predicted octanol–water partition coefficient (Wildman–Crippen LogP) is 4.73. The van der Waals surface area contributed by atoms with Crippen LogP contribution in [0.5, 0.6) is 0 Å². The Morgan fingerprint density at radius 1 is 1.06 bits per heavy atom. The Labute approximate surface area is 212 Å². The van der Waals surface area contributed by atoms with Gasteiger partial charge in [0.1, 0.15) is 5.56 Å². The quantitative estimate of drug-likeness (QED) is 0.387. The van der Waals surface area contributed by atoms with Gasteiger partial charge in [-0.05, 0) is 55.6 Å². The van der Waals surface area contributed by atoms with Crippen LogP contribution in [-0.2, 0) is 5.54 Å². The van der Waals surface area contributed by atoms with E-state index in [4.69, 9.17) is 10.8 Å². The smallest absolute Gasteiger partial charge is 0.254 e. The summed E-state index contributed by atoms with van der Waals surface area (Å²) < 4.78 is 1.85. The number of nitrogens with zero attached hydrogens (tertiary/aromatic N) is 3. The molecule has 186 valence electrons. The van der Waals surface area contributed by atoms with Gasteiger partial charge in [0.05, 0.1) is 24.1 Å². The van der Waals surface area contributed by atoms with Crippen LogP contribution >= 0.6 is 0 Å². The van der Waals surface area contributed by atoms with Crippen LogP contribution in [0.3, 0.4) is 0 Å². The predicted molar refractivity (Wildman–Crippen MR) is 140 cm³/mol. The Hall–Kier alpha value is -3.63. The molecule has 5 rings (SSSR count). The minimum absolute atomic E-state index is 0.102. The lowest BCUT2D eigenvalue weighted by atomic mass is 9.77. The third-order valence-electron chi connectivity index (χ3n) is 7.71. The molecule has 7 heteroatoms. The van der Waals surface area contributed by atoms with Crippen LogP contribution in [0.4, 0.5) is 5.82 Å². The Morgan fingerprint density at radius 2 is 1.67 bits per heavy atom. The SMILES string of the molecule is N#CC[C@]1(n2cc(C(N)=O)c(NCC3CC3)n2)CC[C@H](NC(c2ccccc2)c2ccccc2)CC1. The number of benzene rings is 2. The molecule has 0 unspecified atom stereocenters. The Kier molecular flexibility index (Phi) is 7.06. The van der Waals surface area contributed by atoms with Crippen LogP contribution in [0, 0.1) is 17.2 Å². The number of carbonyl (C=O) groups excluding carboxylic acids is 1. The lowest BCUT2D eigenvalue weighted by Crippen LogP contribution is -2.44.